The Morgan fingerprint density at radius 2 is 2.05 bits per heavy atom. The molecule has 98 valence electrons. The fourth-order valence-electron chi connectivity index (χ4n) is 3.66. The first-order valence-electron chi connectivity index (χ1n) is 6.85. The number of hydrogen-bond donors (Lipinski definition) is 0. The topological polar surface area (TPSA) is 8.17 Å². The first-order chi connectivity index (χ1) is 9.15. The van der Waals surface area contributed by atoms with Crippen molar-refractivity contribution in [1.82, 2.24) is 9.47 Å². The Hall–Kier alpha value is -1.61. The van der Waals surface area contributed by atoms with Gasteiger partial charge in [0.25, 0.3) is 0 Å². The fourth-order valence-corrected chi connectivity index (χ4v) is 3.66. The molecule has 3 heteroatoms. The van der Waals surface area contributed by atoms with Gasteiger partial charge in [0.2, 0.25) is 0 Å². The minimum Gasteiger partial charge on any atom is -0.345 e. The molecule has 0 bridgehead atoms. The molecule has 0 fully saturated rings. The zero-order chi connectivity index (χ0) is 13.1. The van der Waals surface area contributed by atoms with Crippen molar-refractivity contribution < 1.29 is 4.39 Å². The van der Waals surface area contributed by atoms with Crippen molar-refractivity contribution in [2.24, 2.45) is 5.92 Å². The van der Waals surface area contributed by atoms with Gasteiger partial charge < -0.3 is 4.57 Å². The highest BCUT2D eigenvalue weighted by atomic mass is 19.1. The van der Waals surface area contributed by atoms with Crippen LogP contribution in [0.2, 0.25) is 0 Å². The number of halogens is 1. The van der Waals surface area contributed by atoms with Gasteiger partial charge in [0.1, 0.15) is 5.82 Å². The molecule has 19 heavy (non-hydrogen) atoms. The molecule has 0 N–H and O–H groups in total. The molecule has 1 unspecified atom stereocenters. The van der Waals surface area contributed by atoms with E-state index in [1.54, 1.807) is 6.07 Å². The molecule has 1 aromatic carbocycles. The summed E-state index contributed by atoms with van der Waals surface area (Å²) in [6, 6.07) is 5.86. The molecule has 0 spiro atoms. The summed E-state index contributed by atoms with van der Waals surface area (Å²) in [6.45, 7) is 4.26. The maximum atomic E-state index is 13.9. The molecule has 4 rings (SSSR count). The number of aromatic nitrogens is 1. The van der Waals surface area contributed by atoms with Gasteiger partial charge in [-0.1, -0.05) is 13.0 Å². The Balaban J connectivity index is 2.03. The van der Waals surface area contributed by atoms with Crippen molar-refractivity contribution in [2.75, 3.05) is 13.6 Å². The molecule has 3 heterocycles. The molecule has 2 aliphatic heterocycles. The predicted molar refractivity (Wildman–Crippen MR) is 75.5 cm³/mol. The lowest BCUT2D eigenvalue weighted by Gasteiger charge is -2.39. The van der Waals surface area contributed by atoms with E-state index in [1.165, 1.54) is 11.1 Å². The lowest BCUT2D eigenvalue weighted by Crippen LogP contribution is -2.43. The van der Waals surface area contributed by atoms with Crippen LogP contribution in [0.25, 0.3) is 16.5 Å². The van der Waals surface area contributed by atoms with Gasteiger partial charge in [-0.15, -0.1) is 0 Å². The third-order valence-corrected chi connectivity index (χ3v) is 4.48. The fraction of sp³-hybridized carbons (Fsp3) is 0.375. The highest BCUT2D eigenvalue weighted by Crippen LogP contribution is 2.38. The van der Waals surface area contributed by atoms with Gasteiger partial charge in [-0.2, -0.15) is 0 Å². The molecular formula is C16H17FN2. The van der Waals surface area contributed by atoms with E-state index < -0.39 is 0 Å². The Kier molecular flexibility index (Phi) is 2.19. The second-order valence-electron chi connectivity index (χ2n) is 5.88. The van der Waals surface area contributed by atoms with Crippen LogP contribution in [0.15, 0.2) is 30.5 Å². The van der Waals surface area contributed by atoms with E-state index in [1.807, 2.05) is 18.3 Å². The Labute approximate surface area is 112 Å². The predicted octanol–water partition coefficient (Wildman–Crippen LogP) is 3.13. The highest BCUT2D eigenvalue weighted by Gasteiger charge is 2.32. The Bertz CT molecular complexity index is 698. The molecule has 2 atom stereocenters. The quantitative estimate of drug-likeness (QED) is 0.703. The Morgan fingerprint density at radius 3 is 2.89 bits per heavy atom. The summed E-state index contributed by atoms with van der Waals surface area (Å²) in [5, 5.41) is 0.748. The zero-order valence-electron chi connectivity index (χ0n) is 11.2. The van der Waals surface area contributed by atoms with Gasteiger partial charge >= 0.3 is 0 Å². The van der Waals surface area contributed by atoms with Crippen molar-refractivity contribution >= 4 is 16.5 Å². The first-order valence-corrected chi connectivity index (χ1v) is 6.85. The number of hydrogen-bond acceptors (Lipinski definition) is 1. The maximum absolute atomic E-state index is 13.9. The molecule has 2 nitrogen and oxygen atoms in total. The van der Waals surface area contributed by atoms with Crippen molar-refractivity contribution in [1.29, 1.82) is 0 Å². The molecule has 0 saturated heterocycles. The van der Waals surface area contributed by atoms with Gasteiger partial charge in [0, 0.05) is 30.2 Å². The van der Waals surface area contributed by atoms with Gasteiger partial charge in [-0.25, -0.2) is 4.39 Å². The van der Waals surface area contributed by atoms with Crippen LogP contribution >= 0.6 is 0 Å². The summed E-state index contributed by atoms with van der Waals surface area (Å²) in [5.74, 6) is 0.437. The highest BCUT2D eigenvalue weighted by molar-refractivity contribution is 5.95. The monoisotopic (exact) mass is 256 g/mol. The lowest BCUT2D eigenvalue weighted by atomic mass is 9.86. The average Bonchev–Trinajstić information content (AvgIpc) is 2.79. The normalized spacial score (nSPS) is 26.4. The third-order valence-electron chi connectivity index (χ3n) is 4.48. The van der Waals surface area contributed by atoms with Crippen molar-refractivity contribution in [3.8, 4) is 0 Å². The summed E-state index contributed by atoms with van der Waals surface area (Å²) in [5.41, 5.74) is 3.64. The van der Waals surface area contributed by atoms with E-state index in [0.717, 1.165) is 24.0 Å². The SMILES string of the molecule is C[C@@H]1C=C2c3ccc(F)c4ccn(c34)CC2N(C)C1. The molecule has 2 aromatic rings. The van der Waals surface area contributed by atoms with Crippen LogP contribution in [0.1, 0.15) is 12.5 Å². The number of rotatable bonds is 0. The second-order valence-corrected chi connectivity index (χ2v) is 5.88. The van der Waals surface area contributed by atoms with Gasteiger partial charge in [0.15, 0.2) is 0 Å². The average molecular weight is 256 g/mol. The number of benzene rings is 1. The van der Waals surface area contributed by atoms with E-state index in [4.69, 9.17) is 0 Å². The summed E-state index contributed by atoms with van der Waals surface area (Å²) in [6.07, 6.45) is 4.38. The van der Waals surface area contributed by atoms with E-state index in [-0.39, 0.29) is 5.82 Å². The standard InChI is InChI=1S/C16H17FN2/c1-10-7-13-11-3-4-14(17)12-5-6-19(16(11)12)9-15(13)18(2)8-10/h3-7,10,15H,8-9H2,1-2H3/t10-,15?/m1/s1. The van der Waals surface area contributed by atoms with E-state index >= 15 is 0 Å². The summed E-state index contributed by atoms with van der Waals surface area (Å²) >= 11 is 0. The zero-order valence-corrected chi connectivity index (χ0v) is 11.2. The summed E-state index contributed by atoms with van der Waals surface area (Å²) in [7, 11) is 2.18. The third kappa shape index (κ3) is 1.45. The van der Waals surface area contributed by atoms with Gasteiger partial charge in [0.05, 0.1) is 11.6 Å². The maximum Gasteiger partial charge on any atom is 0.132 e. The van der Waals surface area contributed by atoms with E-state index in [9.17, 15) is 4.39 Å². The van der Waals surface area contributed by atoms with Crippen LogP contribution in [0.3, 0.4) is 0 Å². The minimum atomic E-state index is -0.117. The van der Waals surface area contributed by atoms with Crippen molar-refractivity contribution in [3.05, 3.63) is 41.9 Å². The molecule has 0 radical (unpaired) electrons. The number of fused-ring (bicyclic) bond motifs is 2. The smallest absolute Gasteiger partial charge is 0.132 e. The first kappa shape index (κ1) is 11.2. The minimum absolute atomic E-state index is 0.117. The summed E-state index contributed by atoms with van der Waals surface area (Å²) in [4.78, 5) is 2.41. The van der Waals surface area contributed by atoms with Crippen LogP contribution in [-0.4, -0.2) is 29.1 Å². The molecule has 1 aromatic heterocycles. The molecule has 0 amide bonds. The largest absolute Gasteiger partial charge is 0.345 e. The lowest BCUT2D eigenvalue weighted by molar-refractivity contribution is 0.234. The van der Waals surface area contributed by atoms with E-state index in [2.05, 4.69) is 29.5 Å². The van der Waals surface area contributed by atoms with Crippen LogP contribution in [0.5, 0.6) is 0 Å². The molecular weight excluding hydrogens is 239 g/mol. The Morgan fingerprint density at radius 1 is 1.21 bits per heavy atom. The van der Waals surface area contributed by atoms with Gasteiger partial charge in [-0.3, -0.25) is 4.90 Å². The van der Waals surface area contributed by atoms with Crippen LogP contribution in [0, 0.1) is 11.7 Å². The van der Waals surface area contributed by atoms with E-state index in [0.29, 0.717) is 12.0 Å². The number of likely N-dealkylation sites (N-methyl/N-ethyl adjacent to an activating group) is 1. The second kappa shape index (κ2) is 3.70. The van der Waals surface area contributed by atoms with Crippen molar-refractivity contribution in [2.45, 2.75) is 19.5 Å². The molecule has 2 aliphatic rings. The summed E-state index contributed by atoms with van der Waals surface area (Å²) < 4.78 is 16.1. The van der Waals surface area contributed by atoms with Crippen LogP contribution < -0.4 is 0 Å². The van der Waals surface area contributed by atoms with Gasteiger partial charge in [-0.05, 0) is 36.7 Å². The molecule has 0 saturated carbocycles. The van der Waals surface area contributed by atoms with Crippen molar-refractivity contribution in [3.63, 3.8) is 0 Å². The number of nitrogens with zero attached hydrogens (tertiary/aromatic N) is 2. The van der Waals surface area contributed by atoms with Crippen LogP contribution in [-0.2, 0) is 6.54 Å². The molecule has 0 aliphatic carbocycles. The van der Waals surface area contributed by atoms with Crippen LogP contribution in [0.4, 0.5) is 4.39 Å².